The first-order valence-electron chi connectivity index (χ1n) is 7.64. The van der Waals surface area contributed by atoms with E-state index in [1.165, 1.54) is 17.6 Å². The molecule has 136 valence electrons. The summed E-state index contributed by atoms with van der Waals surface area (Å²) in [5, 5.41) is 7.57. The molecule has 0 saturated heterocycles. The van der Waals surface area contributed by atoms with Gasteiger partial charge in [-0.15, -0.1) is 11.3 Å². The van der Waals surface area contributed by atoms with E-state index in [2.05, 4.69) is 15.6 Å². The fourth-order valence-corrected chi connectivity index (χ4v) is 3.28. The smallest absolute Gasteiger partial charge is 0.325 e. The molecule has 0 aliphatic rings. The van der Waals surface area contributed by atoms with Gasteiger partial charge in [-0.1, -0.05) is 19.9 Å². The van der Waals surface area contributed by atoms with Gasteiger partial charge in [-0.05, 0) is 23.6 Å². The Hall–Kier alpha value is -2.13. The molecule has 1 aromatic heterocycles. The van der Waals surface area contributed by atoms with E-state index in [9.17, 15) is 13.2 Å². The van der Waals surface area contributed by atoms with E-state index in [0.717, 1.165) is 0 Å². The number of urea groups is 1. The van der Waals surface area contributed by atoms with Gasteiger partial charge < -0.3 is 10.1 Å². The number of carbonyl (C=O) groups excluding carboxylic acids is 1. The van der Waals surface area contributed by atoms with Crippen molar-refractivity contribution in [1.29, 1.82) is 0 Å². The molecule has 0 atom stereocenters. The van der Waals surface area contributed by atoms with Crippen molar-refractivity contribution in [3.8, 4) is 5.75 Å². The highest BCUT2D eigenvalue weighted by molar-refractivity contribution is 7.89. The molecule has 0 unspecified atom stereocenters. The summed E-state index contributed by atoms with van der Waals surface area (Å²) in [6.07, 6.45) is 2.77. The summed E-state index contributed by atoms with van der Waals surface area (Å²) in [4.78, 5) is 16.1. The Labute approximate surface area is 151 Å². The number of carbonyl (C=O) groups is 1. The van der Waals surface area contributed by atoms with Gasteiger partial charge in [-0.25, -0.2) is 18.2 Å². The van der Waals surface area contributed by atoms with Crippen LogP contribution in [0.25, 0.3) is 0 Å². The lowest BCUT2D eigenvalue weighted by atomic mass is 10.2. The maximum atomic E-state index is 12.1. The van der Waals surface area contributed by atoms with E-state index in [-0.39, 0.29) is 11.7 Å². The topological polar surface area (TPSA) is 97.4 Å². The second-order valence-corrected chi connectivity index (χ2v) is 9.06. The molecule has 0 spiro atoms. The highest BCUT2D eigenvalue weighted by Gasteiger charge is 2.13. The summed E-state index contributed by atoms with van der Waals surface area (Å²) in [6, 6.07) is 4.49. The Kier molecular flexibility index (Phi) is 6.38. The molecule has 0 aliphatic heterocycles. The van der Waals surface area contributed by atoms with Gasteiger partial charge in [0.25, 0.3) is 0 Å². The number of benzene rings is 1. The average Bonchev–Trinajstić information content (AvgIpc) is 2.98. The molecule has 0 radical (unpaired) electrons. The van der Waals surface area contributed by atoms with Crippen LogP contribution < -0.4 is 15.4 Å². The Bertz CT molecular complexity index is 818. The highest BCUT2D eigenvalue weighted by atomic mass is 32.2. The summed E-state index contributed by atoms with van der Waals surface area (Å²) < 4.78 is 28.7. The molecular weight excluding hydrogens is 362 g/mol. The molecule has 0 fully saturated rings. The lowest BCUT2D eigenvalue weighted by molar-refractivity contribution is 0.260. The first-order chi connectivity index (χ1) is 11.7. The highest BCUT2D eigenvalue weighted by Crippen LogP contribution is 2.27. The minimum atomic E-state index is -3.16. The lowest BCUT2D eigenvalue weighted by Crippen LogP contribution is -2.20. The van der Waals surface area contributed by atoms with Crippen molar-refractivity contribution in [3.63, 3.8) is 0 Å². The van der Waals surface area contributed by atoms with E-state index in [4.69, 9.17) is 4.74 Å². The van der Waals surface area contributed by atoms with Gasteiger partial charge in [-0.2, -0.15) is 0 Å². The van der Waals surface area contributed by atoms with E-state index >= 15 is 0 Å². The zero-order chi connectivity index (χ0) is 18.4. The summed E-state index contributed by atoms with van der Waals surface area (Å²) in [6.45, 7) is 4.45. The first kappa shape index (κ1) is 19.2. The first-order valence-corrected chi connectivity index (χ1v) is 10.6. The van der Waals surface area contributed by atoms with E-state index in [0.29, 0.717) is 28.7 Å². The van der Waals surface area contributed by atoms with E-state index in [1.54, 1.807) is 29.8 Å². The van der Waals surface area contributed by atoms with E-state index < -0.39 is 15.9 Å². The quantitative estimate of drug-likeness (QED) is 0.764. The van der Waals surface area contributed by atoms with Crippen molar-refractivity contribution in [2.75, 3.05) is 23.5 Å². The minimum Gasteiger partial charge on any atom is -0.491 e. The number of sulfone groups is 1. The summed E-state index contributed by atoms with van der Waals surface area (Å²) in [7, 11) is -3.16. The third kappa shape index (κ3) is 6.71. The minimum absolute atomic E-state index is 0.0867. The fraction of sp³-hybridized carbons (Fsp3) is 0.375. The molecular formula is C16H21N3O4S2. The molecule has 7 nitrogen and oxygen atoms in total. The number of hydrogen-bond donors (Lipinski definition) is 2. The van der Waals surface area contributed by atoms with Gasteiger partial charge in [0.15, 0.2) is 15.0 Å². The average molecular weight is 383 g/mol. The van der Waals surface area contributed by atoms with Crippen LogP contribution in [-0.4, -0.2) is 32.3 Å². The molecule has 1 heterocycles. The Morgan fingerprint density at radius 1 is 1.32 bits per heavy atom. The largest absolute Gasteiger partial charge is 0.491 e. The van der Waals surface area contributed by atoms with Crippen molar-refractivity contribution >= 4 is 38.0 Å². The van der Waals surface area contributed by atoms with Gasteiger partial charge in [0.2, 0.25) is 0 Å². The van der Waals surface area contributed by atoms with Crippen molar-refractivity contribution in [3.05, 3.63) is 35.3 Å². The van der Waals surface area contributed by atoms with Crippen LogP contribution in [0.4, 0.5) is 15.6 Å². The second-order valence-electron chi connectivity index (χ2n) is 6.02. The standard InChI is InChI=1S/C16H21N3O4S2/c1-11(2)9-23-14-8-12(10-25(3,21)22)4-5-13(14)18-15(20)19-16-17-6-7-24-16/h4-8,11H,9-10H2,1-3H3,(H2,17,18,19,20). The molecule has 2 amide bonds. The normalized spacial score (nSPS) is 11.4. The van der Waals surface area contributed by atoms with Crippen molar-refractivity contribution < 1.29 is 17.9 Å². The number of anilines is 2. The molecule has 0 aliphatic carbocycles. The van der Waals surface area contributed by atoms with Crippen LogP contribution in [0.2, 0.25) is 0 Å². The number of amides is 2. The number of nitrogens with one attached hydrogen (secondary N) is 2. The van der Waals surface area contributed by atoms with Crippen molar-refractivity contribution in [1.82, 2.24) is 4.98 Å². The molecule has 0 saturated carbocycles. The maximum Gasteiger partial charge on any atom is 0.325 e. The van der Waals surface area contributed by atoms with Crippen LogP contribution in [0.3, 0.4) is 0 Å². The fourth-order valence-electron chi connectivity index (χ4n) is 1.97. The van der Waals surface area contributed by atoms with Crippen LogP contribution in [0, 0.1) is 5.92 Å². The zero-order valence-corrected chi connectivity index (χ0v) is 15.9. The number of ether oxygens (including phenoxy) is 1. The monoisotopic (exact) mass is 383 g/mol. The zero-order valence-electron chi connectivity index (χ0n) is 14.3. The second kappa shape index (κ2) is 8.30. The number of hydrogen-bond acceptors (Lipinski definition) is 6. The van der Waals surface area contributed by atoms with Gasteiger partial charge in [0.05, 0.1) is 18.0 Å². The van der Waals surface area contributed by atoms with Crippen LogP contribution in [0.1, 0.15) is 19.4 Å². The number of rotatable bonds is 7. The number of nitrogens with zero attached hydrogens (tertiary/aromatic N) is 1. The van der Waals surface area contributed by atoms with Crippen molar-refractivity contribution in [2.45, 2.75) is 19.6 Å². The summed E-state index contributed by atoms with van der Waals surface area (Å²) >= 11 is 1.31. The number of aromatic nitrogens is 1. The third-order valence-electron chi connectivity index (χ3n) is 2.95. The Morgan fingerprint density at radius 2 is 2.08 bits per heavy atom. The van der Waals surface area contributed by atoms with Gasteiger partial charge in [0, 0.05) is 17.8 Å². The third-order valence-corrected chi connectivity index (χ3v) is 4.49. The molecule has 0 bridgehead atoms. The SMILES string of the molecule is CC(C)COc1cc(CS(C)(=O)=O)ccc1NC(=O)Nc1nccs1. The van der Waals surface area contributed by atoms with Gasteiger partial charge in [-0.3, -0.25) is 5.32 Å². The summed E-state index contributed by atoms with van der Waals surface area (Å²) in [5.74, 6) is 0.635. The van der Waals surface area contributed by atoms with Crippen LogP contribution in [-0.2, 0) is 15.6 Å². The Balaban J connectivity index is 2.17. The van der Waals surface area contributed by atoms with E-state index in [1.807, 2.05) is 13.8 Å². The molecule has 9 heteroatoms. The predicted molar refractivity (Wildman–Crippen MR) is 100 cm³/mol. The number of thiazole rings is 1. The molecule has 2 rings (SSSR count). The van der Waals surface area contributed by atoms with Crippen LogP contribution in [0.5, 0.6) is 5.75 Å². The van der Waals surface area contributed by atoms with Crippen molar-refractivity contribution in [2.24, 2.45) is 5.92 Å². The lowest BCUT2D eigenvalue weighted by Gasteiger charge is -2.15. The summed E-state index contributed by atoms with van der Waals surface area (Å²) in [5.41, 5.74) is 1.07. The molecule has 2 aromatic rings. The van der Waals surface area contributed by atoms with Crippen LogP contribution >= 0.6 is 11.3 Å². The molecule has 25 heavy (non-hydrogen) atoms. The maximum absolute atomic E-state index is 12.1. The molecule has 2 N–H and O–H groups in total. The molecule has 1 aromatic carbocycles. The predicted octanol–water partition coefficient (Wildman–Crippen LogP) is 3.37. The van der Waals surface area contributed by atoms with Gasteiger partial charge in [0.1, 0.15) is 5.75 Å². The Morgan fingerprint density at radius 3 is 2.68 bits per heavy atom. The van der Waals surface area contributed by atoms with Crippen LogP contribution in [0.15, 0.2) is 29.8 Å². The van der Waals surface area contributed by atoms with Gasteiger partial charge >= 0.3 is 6.03 Å².